The van der Waals surface area contributed by atoms with Crippen molar-refractivity contribution in [1.82, 2.24) is 9.97 Å². The molecular formula is C17H23N3O2S. The van der Waals surface area contributed by atoms with E-state index < -0.39 is 9.84 Å². The van der Waals surface area contributed by atoms with Crippen molar-refractivity contribution in [3.05, 3.63) is 53.5 Å². The molecule has 1 N–H and O–H groups in total. The van der Waals surface area contributed by atoms with E-state index in [4.69, 9.17) is 0 Å². The maximum absolute atomic E-state index is 12.1. The summed E-state index contributed by atoms with van der Waals surface area (Å²) in [4.78, 5) is 8.70. The normalized spacial score (nSPS) is 11.4. The molecule has 0 aliphatic rings. The molecule has 0 amide bonds. The van der Waals surface area contributed by atoms with Gasteiger partial charge in [-0.3, -0.25) is 0 Å². The zero-order valence-electron chi connectivity index (χ0n) is 13.6. The Hall–Kier alpha value is -1.95. The van der Waals surface area contributed by atoms with E-state index in [1.807, 2.05) is 50.2 Å². The summed E-state index contributed by atoms with van der Waals surface area (Å²) in [5.74, 6) is 1.82. The number of rotatable bonds is 8. The van der Waals surface area contributed by atoms with Gasteiger partial charge in [0.15, 0.2) is 9.84 Å². The smallest absolute Gasteiger partial charge is 0.154 e. The van der Waals surface area contributed by atoms with Crippen LogP contribution in [0.25, 0.3) is 0 Å². The van der Waals surface area contributed by atoms with E-state index in [1.165, 1.54) is 0 Å². The van der Waals surface area contributed by atoms with Crippen LogP contribution in [-0.2, 0) is 22.0 Å². The number of aromatic nitrogens is 2. The van der Waals surface area contributed by atoms with Crippen LogP contribution in [0.3, 0.4) is 0 Å². The van der Waals surface area contributed by atoms with E-state index in [0.717, 1.165) is 29.3 Å². The number of sulfone groups is 1. The molecule has 0 radical (unpaired) electrons. The monoisotopic (exact) mass is 333 g/mol. The van der Waals surface area contributed by atoms with Crippen molar-refractivity contribution >= 4 is 15.7 Å². The molecule has 0 saturated carbocycles. The SMILES string of the molecule is CCc1nc(C)cc(NCCCS(=O)(=O)Cc2ccccc2)n1. The van der Waals surface area contributed by atoms with E-state index in [0.29, 0.717) is 13.0 Å². The van der Waals surface area contributed by atoms with Crippen LogP contribution in [0.1, 0.15) is 30.4 Å². The lowest BCUT2D eigenvalue weighted by atomic mass is 10.2. The Morgan fingerprint density at radius 3 is 2.57 bits per heavy atom. The summed E-state index contributed by atoms with van der Waals surface area (Å²) in [6.45, 7) is 4.51. The Balaban J connectivity index is 1.82. The van der Waals surface area contributed by atoms with Gasteiger partial charge in [-0.15, -0.1) is 0 Å². The van der Waals surface area contributed by atoms with Crippen LogP contribution >= 0.6 is 0 Å². The van der Waals surface area contributed by atoms with Crippen LogP contribution in [0, 0.1) is 6.92 Å². The molecule has 23 heavy (non-hydrogen) atoms. The topological polar surface area (TPSA) is 72.0 Å². The molecule has 2 rings (SSSR count). The Morgan fingerprint density at radius 2 is 1.87 bits per heavy atom. The van der Waals surface area contributed by atoms with Crippen molar-refractivity contribution in [2.75, 3.05) is 17.6 Å². The summed E-state index contributed by atoms with van der Waals surface area (Å²) in [6, 6.07) is 11.1. The van der Waals surface area contributed by atoms with Gasteiger partial charge in [0.05, 0.1) is 11.5 Å². The zero-order chi connectivity index (χ0) is 16.7. The second kappa shape index (κ2) is 8.06. The van der Waals surface area contributed by atoms with Gasteiger partial charge in [0.1, 0.15) is 11.6 Å². The van der Waals surface area contributed by atoms with Crippen molar-refractivity contribution in [3.8, 4) is 0 Å². The molecule has 5 nitrogen and oxygen atoms in total. The minimum absolute atomic E-state index is 0.0977. The lowest BCUT2D eigenvalue weighted by Crippen LogP contribution is -2.14. The molecule has 0 bridgehead atoms. The molecule has 6 heteroatoms. The van der Waals surface area contributed by atoms with Crippen LogP contribution < -0.4 is 5.32 Å². The first-order valence-electron chi connectivity index (χ1n) is 7.81. The van der Waals surface area contributed by atoms with Crippen LogP contribution in [0.2, 0.25) is 0 Å². The van der Waals surface area contributed by atoms with Crippen LogP contribution in [-0.4, -0.2) is 30.7 Å². The Kier molecular flexibility index (Phi) is 6.10. The maximum Gasteiger partial charge on any atom is 0.154 e. The number of nitrogens with zero attached hydrogens (tertiary/aromatic N) is 2. The molecule has 1 aromatic heterocycles. The van der Waals surface area contributed by atoms with Crippen molar-refractivity contribution in [1.29, 1.82) is 0 Å². The summed E-state index contributed by atoms with van der Waals surface area (Å²) in [5, 5.41) is 3.18. The molecule has 1 heterocycles. The number of hydrogen-bond donors (Lipinski definition) is 1. The van der Waals surface area contributed by atoms with Crippen molar-refractivity contribution in [2.45, 2.75) is 32.4 Å². The third-order valence-corrected chi connectivity index (χ3v) is 5.07. The molecular weight excluding hydrogens is 310 g/mol. The van der Waals surface area contributed by atoms with E-state index in [2.05, 4.69) is 15.3 Å². The summed E-state index contributed by atoms with van der Waals surface area (Å²) < 4.78 is 24.2. The Bertz CT molecular complexity index is 731. The first-order valence-corrected chi connectivity index (χ1v) is 9.63. The van der Waals surface area contributed by atoms with Crippen molar-refractivity contribution in [2.24, 2.45) is 0 Å². The van der Waals surface area contributed by atoms with Gasteiger partial charge in [0.25, 0.3) is 0 Å². The maximum atomic E-state index is 12.1. The molecule has 0 unspecified atom stereocenters. The van der Waals surface area contributed by atoms with E-state index in [9.17, 15) is 8.42 Å². The highest BCUT2D eigenvalue weighted by molar-refractivity contribution is 7.90. The second-order valence-corrected chi connectivity index (χ2v) is 7.71. The van der Waals surface area contributed by atoms with Crippen molar-refractivity contribution < 1.29 is 8.42 Å². The molecule has 2 aromatic rings. The Labute approximate surface area is 138 Å². The minimum Gasteiger partial charge on any atom is -0.370 e. The molecule has 0 spiro atoms. The number of hydrogen-bond acceptors (Lipinski definition) is 5. The van der Waals surface area contributed by atoms with Crippen molar-refractivity contribution in [3.63, 3.8) is 0 Å². The summed E-state index contributed by atoms with van der Waals surface area (Å²) >= 11 is 0. The molecule has 0 aliphatic carbocycles. The number of anilines is 1. The van der Waals surface area contributed by atoms with E-state index >= 15 is 0 Å². The molecule has 0 saturated heterocycles. The fraction of sp³-hybridized carbons (Fsp3) is 0.412. The minimum atomic E-state index is -3.08. The predicted octanol–water partition coefficient (Wildman–Crippen LogP) is 2.76. The van der Waals surface area contributed by atoms with Gasteiger partial charge in [-0.2, -0.15) is 0 Å². The molecule has 0 atom stereocenters. The van der Waals surface area contributed by atoms with Gasteiger partial charge in [-0.1, -0.05) is 37.3 Å². The first-order chi connectivity index (χ1) is 11.0. The molecule has 1 aromatic carbocycles. The number of nitrogens with one attached hydrogen (secondary N) is 1. The second-order valence-electron chi connectivity index (χ2n) is 5.52. The lowest BCUT2D eigenvalue weighted by molar-refractivity contribution is 0.593. The third-order valence-electron chi connectivity index (χ3n) is 3.38. The summed E-state index contributed by atoms with van der Waals surface area (Å²) in [7, 11) is -3.08. The molecule has 0 fully saturated rings. The fourth-order valence-corrected chi connectivity index (χ4v) is 3.72. The Morgan fingerprint density at radius 1 is 1.13 bits per heavy atom. The fourth-order valence-electron chi connectivity index (χ4n) is 2.29. The van der Waals surface area contributed by atoms with Gasteiger partial charge >= 0.3 is 0 Å². The summed E-state index contributed by atoms with van der Waals surface area (Å²) in [6.07, 6.45) is 1.33. The van der Waals surface area contributed by atoms with Gasteiger partial charge < -0.3 is 5.32 Å². The van der Waals surface area contributed by atoms with Gasteiger partial charge in [0, 0.05) is 24.7 Å². The lowest BCUT2D eigenvalue weighted by Gasteiger charge is -2.08. The quantitative estimate of drug-likeness (QED) is 0.752. The zero-order valence-corrected chi connectivity index (χ0v) is 14.4. The average Bonchev–Trinajstić information content (AvgIpc) is 2.51. The highest BCUT2D eigenvalue weighted by atomic mass is 32.2. The summed E-state index contributed by atoms with van der Waals surface area (Å²) in [5.41, 5.74) is 1.75. The van der Waals surface area contributed by atoms with Crippen LogP contribution in [0.4, 0.5) is 5.82 Å². The van der Waals surface area contributed by atoms with E-state index in [1.54, 1.807) is 0 Å². The highest BCUT2D eigenvalue weighted by Gasteiger charge is 2.11. The van der Waals surface area contributed by atoms with Crippen LogP contribution in [0.15, 0.2) is 36.4 Å². The molecule has 124 valence electrons. The molecule has 0 aliphatic heterocycles. The largest absolute Gasteiger partial charge is 0.370 e. The first kappa shape index (κ1) is 17.4. The third kappa shape index (κ3) is 5.98. The van der Waals surface area contributed by atoms with Gasteiger partial charge in [0.2, 0.25) is 0 Å². The van der Waals surface area contributed by atoms with Gasteiger partial charge in [-0.25, -0.2) is 18.4 Å². The van der Waals surface area contributed by atoms with Gasteiger partial charge in [-0.05, 0) is 18.9 Å². The number of benzene rings is 1. The number of aryl methyl sites for hydroxylation is 2. The highest BCUT2D eigenvalue weighted by Crippen LogP contribution is 2.09. The van der Waals surface area contributed by atoms with E-state index in [-0.39, 0.29) is 11.5 Å². The standard InChI is InChI=1S/C17H23N3O2S/c1-3-16-19-14(2)12-17(20-16)18-10-7-11-23(21,22)13-15-8-5-4-6-9-15/h4-6,8-9,12H,3,7,10-11,13H2,1-2H3,(H,18,19,20). The predicted molar refractivity (Wildman–Crippen MR) is 93.2 cm³/mol. The average molecular weight is 333 g/mol. The van der Waals surface area contributed by atoms with Crippen LogP contribution in [0.5, 0.6) is 0 Å².